The predicted molar refractivity (Wildman–Crippen MR) is 84.5 cm³/mol. The number of hydrogen-bond donors (Lipinski definition) is 2. The van der Waals surface area contributed by atoms with Crippen molar-refractivity contribution in [3.8, 4) is 5.75 Å². The van der Waals surface area contributed by atoms with Gasteiger partial charge in [0.25, 0.3) is 0 Å². The van der Waals surface area contributed by atoms with Gasteiger partial charge in [0.2, 0.25) is 5.91 Å². The summed E-state index contributed by atoms with van der Waals surface area (Å²) in [5.74, 6) is 0.559. The number of anilines is 1. The number of hydrogen-bond acceptors (Lipinski definition) is 3. The number of benzene rings is 2. The summed E-state index contributed by atoms with van der Waals surface area (Å²) >= 11 is 5.87. The third kappa shape index (κ3) is 5.00. The first kappa shape index (κ1) is 15.2. The predicted octanol–water partition coefficient (Wildman–Crippen LogP) is 2.66. The van der Waals surface area contributed by atoms with Gasteiger partial charge < -0.3 is 15.8 Å². The van der Waals surface area contributed by atoms with Crippen LogP contribution in [0.4, 0.5) is 5.69 Å². The number of nitrogens with two attached hydrogens (primary N) is 1. The maximum atomic E-state index is 11.8. The fourth-order valence-corrected chi connectivity index (χ4v) is 2.07. The van der Waals surface area contributed by atoms with Crippen molar-refractivity contribution in [1.29, 1.82) is 0 Å². The summed E-state index contributed by atoms with van der Waals surface area (Å²) in [7, 11) is 0. The Morgan fingerprint density at radius 1 is 1.19 bits per heavy atom. The molecule has 21 heavy (non-hydrogen) atoms. The third-order valence-corrected chi connectivity index (χ3v) is 3.09. The first-order chi connectivity index (χ1) is 10.1. The van der Waals surface area contributed by atoms with Crippen LogP contribution in [0, 0.1) is 0 Å². The SMILES string of the molecule is Nc1ccccc1OCCNC(=O)Cc1cccc(Cl)c1. The summed E-state index contributed by atoms with van der Waals surface area (Å²) in [6.07, 6.45) is 0.300. The molecule has 1 amide bonds. The molecule has 0 aliphatic heterocycles. The molecule has 2 rings (SSSR count). The van der Waals surface area contributed by atoms with Crippen molar-refractivity contribution in [2.24, 2.45) is 0 Å². The highest BCUT2D eigenvalue weighted by atomic mass is 35.5. The van der Waals surface area contributed by atoms with E-state index in [9.17, 15) is 4.79 Å². The van der Waals surface area contributed by atoms with Gasteiger partial charge in [0.1, 0.15) is 12.4 Å². The second kappa shape index (κ2) is 7.55. The number of halogens is 1. The molecule has 0 bridgehead atoms. The fraction of sp³-hybridized carbons (Fsp3) is 0.188. The second-order valence-corrected chi connectivity index (χ2v) is 4.98. The zero-order chi connectivity index (χ0) is 15.1. The van der Waals surface area contributed by atoms with Crippen molar-refractivity contribution in [2.75, 3.05) is 18.9 Å². The Kier molecular flexibility index (Phi) is 5.46. The van der Waals surface area contributed by atoms with Gasteiger partial charge in [0, 0.05) is 5.02 Å². The minimum atomic E-state index is -0.0677. The number of carbonyl (C=O) groups is 1. The molecule has 0 spiro atoms. The zero-order valence-electron chi connectivity index (χ0n) is 11.5. The van der Waals surface area contributed by atoms with Gasteiger partial charge in [-0.15, -0.1) is 0 Å². The molecule has 0 heterocycles. The Hall–Kier alpha value is -2.20. The zero-order valence-corrected chi connectivity index (χ0v) is 12.3. The quantitative estimate of drug-likeness (QED) is 0.637. The molecule has 0 fully saturated rings. The minimum absolute atomic E-state index is 0.0677. The monoisotopic (exact) mass is 304 g/mol. The van der Waals surface area contributed by atoms with E-state index in [2.05, 4.69) is 5.32 Å². The summed E-state index contributed by atoms with van der Waals surface area (Å²) in [6, 6.07) is 14.5. The van der Waals surface area contributed by atoms with Gasteiger partial charge in [-0.25, -0.2) is 0 Å². The molecule has 2 aromatic carbocycles. The van der Waals surface area contributed by atoms with Gasteiger partial charge in [-0.1, -0.05) is 35.9 Å². The maximum absolute atomic E-state index is 11.8. The molecule has 0 aliphatic rings. The molecule has 110 valence electrons. The van der Waals surface area contributed by atoms with E-state index in [-0.39, 0.29) is 5.91 Å². The molecule has 2 aromatic rings. The molecule has 0 saturated carbocycles. The molecule has 0 aromatic heterocycles. The highest BCUT2D eigenvalue weighted by molar-refractivity contribution is 6.30. The van der Waals surface area contributed by atoms with Crippen LogP contribution in [-0.4, -0.2) is 19.1 Å². The Balaban J connectivity index is 1.71. The lowest BCUT2D eigenvalue weighted by Gasteiger charge is -2.09. The van der Waals surface area contributed by atoms with Crippen molar-refractivity contribution in [2.45, 2.75) is 6.42 Å². The van der Waals surface area contributed by atoms with Gasteiger partial charge in [0.15, 0.2) is 0 Å². The number of amides is 1. The summed E-state index contributed by atoms with van der Waals surface area (Å²) in [5, 5.41) is 3.42. The minimum Gasteiger partial charge on any atom is -0.490 e. The molecule has 0 saturated heterocycles. The lowest BCUT2D eigenvalue weighted by molar-refractivity contribution is -0.120. The highest BCUT2D eigenvalue weighted by Crippen LogP contribution is 2.19. The van der Waals surface area contributed by atoms with Crippen LogP contribution < -0.4 is 15.8 Å². The maximum Gasteiger partial charge on any atom is 0.224 e. The van der Waals surface area contributed by atoms with Crippen molar-refractivity contribution < 1.29 is 9.53 Å². The Morgan fingerprint density at radius 2 is 2.00 bits per heavy atom. The van der Waals surface area contributed by atoms with Crippen molar-refractivity contribution in [3.05, 3.63) is 59.1 Å². The first-order valence-electron chi connectivity index (χ1n) is 6.63. The van der Waals surface area contributed by atoms with Crippen LogP contribution in [0.2, 0.25) is 5.02 Å². The summed E-state index contributed by atoms with van der Waals surface area (Å²) in [6.45, 7) is 0.795. The first-order valence-corrected chi connectivity index (χ1v) is 7.01. The van der Waals surface area contributed by atoms with E-state index < -0.39 is 0 Å². The Labute approximate surface area is 128 Å². The van der Waals surface area contributed by atoms with Crippen LogP contribution in [0.15, 0.2) is 48.5 Å². The van der Waals surface area contributed by atoms with Crippen LogP contribution in [0.25, 0.3) is 0 Å². The molecular formula is C16H17ClN2O2. The van der Waals surface area contributed by atoms with Crippen LogP contribution in [-0.2, 0) is 11.2 Å². The van der Waals surface area contributed by atoms with E-state index in [1.54, 1.807) is 24.3 Å². The van der Waals surface area contributed by atoms with Gasteiger partial charge >= 0.3 is 0 Å². The van der Waals surface area contributed by atoms with Crippen LogP contribution >= 0.6 is 11.6 Å². The second-order valence-electron chi connectivity index (χ2n) is 4.54. The summed E-state index contributed by atoms with van der Waals surface area (Å²) < 4.78 is 5.50. The lowest BCUT2D eigenvalue weighted by Crippen LogP contribution is -2.29. The lowest BCUT2D eigenvalue weighted by atomic mass is 10.1. The molecular weight excluding hydrogens is 288 g/mol. The highest BCUT2D eigenvalue weighted by Gasteiger charge is 2.04. The van der Waals surface area contributed by atoms with E-state index >= 15 is 0 Å². The molecule has 5 heteroatoms. The molecule has 3 N–H and O–H groups in total. The van der Waals surface area contributed by atoms with E-state index in [4.69, 9.17) is 22.1 Å². The number of carbonyl (C=O) groups excluding carboxylic acids is 1. The third-order valence-electron chi connectivity index (χ3n) is 2.85. The van der Waals surface area contributed by atoms with Crippen molar-refractivity contribution >= 4 is 23.2 Å². The average molecular weight is 305 g/mol. The molecule has 4 nitrogen and oxygen atoms in total. The van der Waals surface area contributed by atoms with Gasteiger partial charge in [-0.05, 0) is 29.8 Å². The number of ether oxygens (including phenoxy) is 1. The smallest absolute Gasteiger partial charge is 0.224 e. The number of rotatable bonds is 6. The molecule has 0 atom stereocenters. The molecule has 0 aliphatic carbocycles. The van der Waals surface area contributed by atoms with E-state index in [0.29, 0.717) is 36.0 Å². The fourth-order valence-electron chi connectivity index (χ4n) is 1.86. The largest absolute Gasteiger partial charge is 0.490 e. The van der Waals surface area contributed by atoms with Gasteiger partial charge in [-0.2, -0.15) is 0 Å². The van der Waals surface area contributed by atoms with Crippen LogP contribution in [0.3, 0.4) is 0 Å². The van der Waals surface area contributed by atoms with Crippen molar-refractivity contribution in [1.82, 2.24) is 5.32 Å². The normalized spacial score (nSPS) is 10.1. The number of nitrogen functional groups attached to an aromatic ring is 1. The number of nitrogens with one attached hydrogen (secondary N) is 1. The van der Waals surface area contributed by atoms with E-state index in [1.807, 2.05) is 24.3 Å². The standard InChI is InChI=1S/C16H17ClN2O2/c17-13-5-3-4-12(10-13)11-16(20)19-8-9-21-15-7-2-1-6-14(15)18/h1-7,10H,8-9,11,18H2,(H,19,20). The van der Waals surface area contributed by atoms with E-state index in [0.717, 1.165) is 5.56 Å². The average Bonchev–Trinajstić information content (AvgIpc) is 2.45. The van der Waals surface area contributed by atoms with E-state index in [1.165, 1.54) is 0 Å². The number of para-hydroxylation sites is 2. The topological polar surface area (TPSA) is 64.3 Å². The summed E-state index contributed by atoms with van der Waals surface area (Å²) in [5.41, 5.74) is 7.22. The van der Waals surface area contributed by atoms with Gasteiger partial charge in [0.05, 0.1) is 18.7 Å². The molecule has 0 radical (unpaired) electrons. The molecule has 0 unspecified atom stereocenters. The summed E-state index contributed by atoms with van der Waals surface area (Å²) in [4.78, 5) is 11.8. The Morgan fingerprint density at radius 3 is 2.76 bits per heavy atom. The Bertz CT molecular complexity index is 617. The van der Waals surface area contributed by atoms with Gasteiger partial charge in [-0.3, -0.25) is 4.79 Å². The van der Waals surface area contributed by atoms with Crippen molar-refractivity contribution in [3.63, 3.8) is 0 Å². The van der Waals surface area contributed by atoms with Crippen LogP contribution in [0.1, 0.15) is 5.56 Å². The van der Waals surface area contributed by atoms with Crippen LogP contribution in [0.5, 0.6) is 5.75 Å².